The van der Waals surface area contributed by atoms with Crippen molar-refractivity contribution in [3.05, 3.63) is 0 Å². The van der Waals surface area contributed by atoms with Crippen LogP contribution in [0, 0.1) is 5.41 Å². The van der Waals surface area contributed by atoms with E-state index in [0.717, 1.165) is 0 Å². The lowest BCUT2D eigenvalue weighted by atomic mass is 9.99. The lowest BCUT2D eigenvalue weighted by molar-refractivity contribution is 0.235. The predicted octanol–water partition coefficient (Wildman–Crippen LogP) is 1.91. The minimum absolute atomic E-state index is 0.397. The van der Waals surface area contributed by atoms with Gasteiger partial charge in [0.2, 0.25) is 5.50 Å². The largest absolute Gasteiger partial charge is 0.229 e. The molecule has 4 heteroatoms. The van der Waals surface area contributed by atoms with E-state index in [1.54, 1.807) is 20.8 Å². The summed E-state index contributed by atoms with van der Waals surface area (Å²) < 4.78 is 36.1. The van der Waals surface area contributed by atoms with Crippen molar-refractivity contribution in [3.63, 3.8) is 0 Å². The van der Waals surface area contributed by atoms with Crippen LogP contribution in [0.3, 0.4) is 0 Å². The predicted molar refractivity (Wildman–Crippen MR) is 46.3 cm³/mol. The summed E-state index contributed by atoms with van der Waals surface area (Å²) in [4.78, 5) is 0. The van der Waals surface area contributed by atoms with Crippen LogP contribution in [0.4, 0.5) is 4.39 Å². The van der Waals surface area contributed by atoms with Gasteiger partial charge in [0.25, 0.3) is 0 Å². The second-order valence-electron chi connectivity index (χ2n) is 4.47. The van der Waals surface area contributed by atoms with Crippen LogP contribution in [-0.2, 0) is 9.84 Å². The van der Waals surface area contributed by atoms with Gasteiger partial charge in [0.05, 0.1) is 5.25 Å². The smallest absolute Gasteiger partial charge is 0.205 e. The van der Waals surface area contributed by atoms with Gasteiger partial charge >= 0.3 is 0 Å². The Morgan fingerprint density at radius 2 is 1.75 bits per heavy atom. The lowest BCUT2D eigenvalue weighted by Crippen LogP contribution is -2.32. The van der Waals surface area contributed by atoms with E-state index in [4.69, 9.17) is 0 Å². The molecule has 2 nitrogen and oxygen atoms in total. The third kappa shape index (κ3) is 1.79. The van der Waals surface area contributed by atoms with Crippen molar-refractivity contribution < 1.29 is 12.8 Å². The molecular weight excluding hydrogens is 179 g/mol. The van der Waals surface area contributed by atoms with Gasteiger partial charge in [-0.2, -0.15) is 0 Å². The highest BCUT2D eigenvalue weighted by Gasteiger charge is 2.46. The first kappa shape index (κ1) is 9.96. The van der Waals surface area contributed by atoms with Gasteiger partial charge in [0.1, 0.15) is 0 Å². The van der Waals surface area contributed by atoms with E-state index in [2.05, 4.69) is 0 Å². The van der Waals surface area contributed by atoms with E-state index in [9.17, 15) is 12.8 Å². The highest BCUT2D eigenvalue weighted by Crippen LogP contribution is 2.37. The Labute approximate surface area is 73.1 Å². The van der Waals surface area contributed by atoms with Gasteiger partial charge in [0, 0.05) is 5.41 Å². The van der Waals surface area contributed by atoms with Crippen molar-refractivity contribution in [2.24, 2.45) is 5.41 Å². The highest BCUT2D eigenvalue weighted by molar-refractivity contribution is 7.92. The van der Waals surface area contributed by atoms with Crippen molar-refractivity contribution in [2.75, 3.05) is 0 Å². The van der Waals surface area contributed by atoms with Crippen molar-refractivity contribution in [3.8, 4) is 0 Å². The van der Waals surface area contributed by atoms with E-state index in [0.29, 0.717) is 12.8 Å². The molecule has 0 amide bonds. The second-order valence-corrected chi connectivity index (χ2v) is 6.73. The van der Waals surface area contributed by atoms with E-state index in [1.165, 1.54) is 0 Å². The molecule has 72 valence electrons. The fraction of sp³-hybridized carbons (Fsp3) is 1.00. The van der Waals surface area contributed by atoms with Crippen LogP contribution < -0.4 is 0 Å². The monoisotopic (exact) mass is 194 g/mol. The maximum atomic E-state index is 13.4. The Kier molecular flexibility index (Phi) is 2.23. The molecule has 1 unspecified atom stereocenters. The van der Waals surface area contributed by atoms with Crippen LogP contribution in [0.5, 0.6) is 0 Å². The lowest BCUT2D eigenvalue weighted by Gasteiger charge is -2.23. The Morgan fingerprint density at radius 3 is 2.00 bits per heavy atom. The molecule has 1 aliphatic rings. The van der Waals surface area contributed by atoms with Crippen LogP contribution in [0.2, 0.25) is 0 Å². The zero-order chi connectivity index (χ0) is 9.57. The molecule has 0 bridgehead atoms. The van der Waals surface area contributed by atoms with Crippen molar-refractivity contribution in [2.45, 2.75) is 44.4 Å². The third-order valence-electron chi connectivity index (χ3n) is 1.96. The van der Waals surface area contributed by atoms with Gasteiger partial charge in [-0.15, -0.1) is 0 Å². The summed E-state index contributed by atoms with van der Waals surface area (Å²) in [7, 11) is -3.49. The zero-order valence-corrected chi connectivity index (χ0v) is 8.49. The fourth-order valence-corrected chi connectivity index (χ4v) is 3.18. The minimum atomic E-state index is -3.49. The Balaban J connectivity index is 2.82. The summed E-state index contributed by atoms with van der Waals surface area (Å²) in [6.45, 7) is 4.83. The molecule has 12 heavy (non-hydrogen) atoms. The van der Waals surface area contributed by atoms with Crippen LogP contribution in [-0.4, -0.2) is 19.2 Å². The molecule has 0 radical (unpaired) electrons. The summed E-state index contributed by atoms with van der Waals surface area (Å²) in [5.41, 5.74) is -2.50. The first-order valence-electron chi connectivity index (χ1n) is 4.13. The van der Waals surface area contributed by atoms with Crippen LogP contribution in [0.15, 0.2) is 0 Å². The standard InChI is InChI=1S/C8H15FO2S/c1-8(2,3)7(9)12(10,11)6-4-5-6/h6-7H,4-5H2,1-3H3. The summed E-state index contributed by atoms with van der Waals surface area (Å²) in [5, 5.41) is -0.397. The molecule has 0 aromatic heterocycles. The van der Waals surface area contributed by atoms with Crippen LogP contribution >= 0.6 is 0 Å². The Bertz CT molecular complexity index is 259. The molecule has 1 fully saturated rings. The summed E-state index contributed by atoms with van der Waals surface area (Å²) in [6.07, 6.45) is 1.28. The van der Waals surface area contributed by atoms with E-state index >= 15 is 0 Å². The molecule has 0 aromatic carbocycles. The van der Waals surface area contributed by atoms with Crippen molar-refractivity contribution in [1.29, 1.82) is 0 Å². The van der Waals surface area contributed by atoms with E-state index in [-0.39, 0.29) is 0 Å². The molecule has 0 heterocycles. The zero-order valence-electron chi connectivity index (χ0n) is 7.67. The van der Waals surface area contributed by atoms with Gasteiger partial charge in [0.15, 0.2) is 9.84 Å². The topological polar surface area (TPSA) is 34.1 Å². The normalized spacial score (nSPS) is 22.3. The quantitative estimate of drug-likeness (QED) is 0.673. The molecule has 0 spiro atoms. The molecule has 0 saturated heterocycles. The van der Waals surface area contributed by atoms with E-state index in [1.807, 2.05) is 0 Å². The number of hydrogen-bond donors (Lipinski definition) is 0. The molecule has 1 saturated carbocycles. The average molecular weight is 194 g/mol. The number of halogens is 1. The maximum Gasteiger partial charge on any atom is 0.205 e. The number of hydrogen-bond acceptors (Lipinski definition) is 2. The van der Waals surface area contributed by atoms with Gasteiger partial charge in [-0.1, -0.05) is 20.8 Å². The summed E-state index contributed by atoms with van der Waals surface area (Å²) in [6, 6.07) is 0. The van der Waals surface area contributed by atoms with Gasteiger partial charge in [-0.05, 0) is 12.8 Å². The molecule has 1 atom stereocenters. The number of rotatable bonds is 2. The molecule has 1 rings (SSSR count). The number of sulfone groups is 1. The van der Waals surface area contributed by atoms with Gasteiger partial charge in [-0.25, -0.2) is 12.8 Å². The SMILES string of the molecule is CC(C)(C)C(F)S(=O)(=O)C1CC1. The number of alkyl halides is 1. The molecule has 0 aliphatic heterocycles. The maximum absolute atomic E-state index is 13.4. The van der Waals surface area contributed by atoms with Crippen molar-refractivity contribution in [1.82, 2.24) is 0 Å². The first-order valence-corrected chi connectivity index (χ1v) is 5.74. The van der Waals surface area contributed by atoms with Gasteiger partial charge in [-0.3, -0.25) is 0 Å². The molecule has 0 aromatic rings. The third-order valence-corrected chi connectivity index (χ3v) is 4.64. The van der Waals surface area contributed by atoms with Crippen LogP contribution in [0.25, 0.3) is 0 Å². The van der Waals surface area contributed by atoms with Crippen LogP contribution in [0.1, 0.15) is 33.6 Å². The molecule has 0 N–H and O–H groups in total. The van der Waals surface area contributed by atoms with Gasteiger partial charge < -0.3 is 0 Å². The van der Waals surface area contributed by atoms with E-state index < -0.39 is 26.0 Å². The minimum Gasteiger partial charge on any atom is -0.229 e. The fourth-order valence-electron chi connectivity index (χ4n) is 1.06. The average Bonchev–Trinajstić information content (AvgIpc) is 2.64. The van der Waals surface area contributed by atoms with Crippen molar-refractivity contribution >= 4 is 9.84 Å². The Morgan fingerprint density at radius 1 is 1.33 bits per heavy atom. The Hall–Kier alpha value is -0.120. The first-order chi connectivity index (χ1) is 5.26. The summed E-state index contributed by atoms with van der Waals surface area (Å²) >= 11 is 0. The second kappa shape index (κ2) is 2.69. The molecule has 1 aliphatic carbocycles. The molecular formula is C8H15FO2S. The highest BCUT2D eigenvalue weighted by atomic mass is 32.2. The summed E-state index contributed by atoms with van der Waals surface area (Å²) in [5.74, 6) is 0.